The minimum atomic E-state index is -4.97. The molecule has 0 bridgehead atoms. The van der Waals surface area contributed by atoms with Crippen molar-refractivity contribution < 1.29 is 80.2 Å². The molecule has 0 saturated carbocycles. The minimum Gasteiger partial charge on any atom is -0.462 e. The molecule has 6 atom stereocenters. The average Bonchev–Trinajstić information content (AvgIpc) is 0.909. The standard InChI is InChI=1S/C85H166O17P2/c1-9-78(8)64-56-48-40-32-24-16-14-12-10-11-13-15-17-26-34-43-51-59-67-84(89)101-80(71-95-82(87)65-57-49-41-33-25-20-18-22-29-37-45-53-61-75(2)3)73-99-103(91,92)97-69-79(86)70-98-104(93,94)100-74-81(72-96-83(88)66-58-50-42-36-28-31-39-47-55-63-77(6)7)102-85(90)68-60-52-44-35-27-21-19-23-30-38-46-54-62-76(4)5/h75-81,86H,9-74H2,1-8H3,(H,91,92)(H,93,94)/t78?,79-,80-,81-/m1/s1. The molecule has 0 saturated heterocycles. The number of phosphoric acid groups is 2. The molecule has 0 radical (unpaired) electrons. The maximum atomic E-state index is 13.1. The van der Waals surface area contributed by atoms with E-state index < -0.39 is 97.5 Å². The van der Waals surface area contributed by atoms with Crippen molar-refractivity contribution >= 4 is 39.5 Å². The molecule has 0 spiro atoms. The van der Waals surface area contributed by atoms with Crippen molar-refractivity contribution in [3.8, 4) is 0 Å². The van der Waals surface area contributed by atoms with Gasteiger partial charge in [-0.25, -0.2) is 9.13 Å². The second-order valence-corrected chi connectivity index (χ2v) is 35.2. The lowest BCUT2D eigenvalue weighted by atomic mass is 9.99. The van der Waals surface area contributed by atoms with Crippen LogP contribution >= 0.6 is 15.6 Å². The SMILES string of the molecule is CCC(C)CCCCCCCCCCCCCCCCCCCCC(=O)O[C@H](COC(=O)CCCCCCCCCCCCCCC(C)C)COP(=O)(O)OC[C@@H](O)COP(=O)(O)OC[C@@H](COC(=O)CCCCCCCCCCCC(C)C)OC(=O)CCCCCCCCCCCCCCC(C)C. The zero-order valence-electron chi connectivity index (χ0n) is 68.7. The van der Waals surface area contributed by atoms with Gasteiger partial charge in [-0.1, -0.05) is 389 Å². The Hall–Kier alpha value is -1.94. The Morgan fingerprint density at radius 1 is 0.269 bits per heavy atom. The molecule has 0 amide bonds. The van der Waals surface area contributed by atoms with Gasteiger partial charge < -0.3 is 33.8 Å². The summed E-state index contributed by atoms with van der Waals surface area (Å²) >= 11 is 0. The van der Waals surface area contributed by atoms with Gasteiger partial charge in [0.1, 0.15) is 19.3 Å². The van der Waals surface area contributed by atoms with Crippen molar-refractivity contribution in [1.29, 1.82) is 0 Å². The third kappa shape index (κ3) is 76.8. The number of rotatable bonds is 82. The van der Waals surface area contributed by atoms with Crippen LogP contribution in [0.2, 0.25) is 0 Å². The van der Waals surface area contributed by atoms with Crippen LogP contribution in [0.1, 0.15) is 441 Å². The summed E-state index contributed by atoms with van der Waals surface area (Å²) in [4.78, 5) is 73.2. The molecule has 0 heterocycles. The van der Waals surface area contributed by atoms with Gasteiger partial charge in [0.25, 0.3) is 0 Å². The Labute approximate surface area is 638 Å². The van der Waals surface area contributed by atoms with E-state index in [0.29, 0.717) is 25.7 Å². The maximum Gasteiger partial charge on any atom is 0.472 e. The van der Waals surface area contributed by atoms with Gasteiger partial charge in [-0.3, -0.25) is 37.3 Å². The lowest BCUT2D eigenvalue weighted by Crippen LogP contribution is -2.30. The molecule has 0 rings (SSSR count). The van der Waals surface area contributed by atoms with E-state index >= 15 is 0 Å². The van der Waals surface area contributed by atoms with Gasteiger partial charge in [0, 0.05) is 25.7 Å². The molecule has 0 aromatic rings. The fraction of sp³-hybridized carbons (Fsp3) is 0.953. The first kappa shape index (κ1) is 102. The maximum absolute atomic E-state index is 13.1. The van der Waals surface area contributed by atoms with Crippen molar-refractivity contribution in [3.05, 3.63) is 0 Å². The fourth-order valence-electron chi connectivity index (χ4n) is 13.1. The molecule has 17 nitrogen and oxygen atoms in total. The van der Waals surface area contributed by atoms with Gasteiger partial charge in [-0.05, 0) is 49.4 Å². The van der Waals surface area contributed by atoms with Gasteiger partial charge >= 0.3 is 39.5 Å². The molecule has 3 N–H and O–H groups in total. The fourth-order valence-corrected chi connectivity index (χ4v) is 14.7. The third-order valence-corrected chi connectivity index (χ3v) is 22.1. The van der Waals surface area contributed by atoms with E-state index in [1.807, 2.05) is 0 Å². The summed E-state index contributed by atoms with van der Waals surface area (Å²) in [5, 5.41) is 10.7. The highest BCUT2D eigenvalue weighted by molar-refractivity contribution is 7.47. The smallest absolute Gasteiger partial charge is 0.462 e. The van der Waals surface area contributed by atoms with Gasteiger partial charge in [-0.15, -0.1) is 0 Å². The number of aliphatic hydroxyl groups is 1. The Morgan fingerprint density at radius 3 is 0.683 bits per heavy atom. The van der Waals surface area contributed by atoms with E-state index in [0.717, 1.165) is 114 Å². The van der Waals surface area contributed by atoms with Crippen molar-refractivity contribution in [2.24, 2.45) is 23.7 Å². The average molecular weight is 1520 g/mol. The monoisotopic (exact) mass is 1520 g/mol. The van der Waals surface area contributed by atoms with Crippen LogP contribution in [0.25, 0.3) is 0 Å². The molecule has 19 heteroatoms. The molecular formula is C85H166O17P2. The first-order valence-electron chi connectivity index (χ1n) is 43.7. The quantitative estimate of drug-likeness (QED) is 0.0222. The highest BCUT2D eigenvalue weighted by Gasteiger charge is 2.30. The molecule has 0 aromatic heterocycles. The summed E-state index contributed by atoms with van der Waals surface area (Å²) in [6, 6.07) is 0. The van der Waals surface area contributed by atoms with Gasteiger partial charge in [0.05, 0.1) is 26.4 Å². The molecule has 0 aliphatic rings. The van der Waals surface area contributed by atoms with E-state index in [-0.39, 0.29) is 25.7 Å². The molecule has 618 valence electrons. The number of hydrogen-bond acceptors (Lipinski definition) is 15. The highest BCUT2D eigenvalue weighted by atomic mass is 31.2. The van der Waals surface area contributed by atoms with Gasteiger partial charge in [0.15, 0.2) is 12.2 Å². The predicted molar refractivity (Wildman–Crippen MR) is 428 cm³/mol. The Kier molecular flexibility index (Phi) is 72.5. The number of aliphatic hydroxyl groups excluding tert-OH is 1. The second-order valence-electron chi connectivity index (χ2n) is 32.2. The van der Waals surface area contributed by atoms with Crippen LogP contribution in [-0.4, -0.2) is 96.7 Å². The summed E-state index contributed by atoms with van der Waals surface area (Å²) in [6.45, 7) is 14.3. The number of ether oxygens (including phenoxy) is 4. The van der Waals surface area contributed by atoms with Crippen molar-refractivity contribution in [2.45, 2.75) is 459 Å². The summed E-state index contributed by atoms with van der Waals surface area (Å²) < 4.78 is 68.9. The summed E-state index contributed by atoms with van der Waals surface area (Å²) in [5.41, 5.74) is 0. The van der Waals surface area contributed by atoms with Gasteiger partial charge in [0.2, 0.25) is 0 Å². The largest absolute Gasteiger partial charge is 0.472 e. The zero-order chi connectivity index (χ0) is 76.7. The van der Waals surface area contributed by atoms with Gasteiger partial charge in [-0.2, -0.15) is 0 Å². The second kappa shape index (κ2) is 73.8. The third-order valence-electron chi connectivity index (χ3n) is 20.2. The number of carbonyl (C=O) groups is 4. The number of carbonyl (C=O) groups excluding carboxylic acids is 4. The molecule has 0 aliphatic heterocycles. The molecular weight excluding hydrogens is 1350 g/mol. The molecule has 104 heavy (non-hydrogen) atoms. The Bertz CT molecular complexity index is 2030. The Morgan fingerprint density at radius 2 is 0.462 bits per heavy atom. The zero-order valence-corrected chi connectivity index (χ0v) is 70.5. The number of hydrogen-bond donors (Lipinski definition) is 3. The topological polar surface area (TPSA) is 237 Å². The lowest BCUT2D eigenvalue weighted by Gasteiger charge is -2.21. The molecule has 3 unspecified atom stereocenters. The summed E-state index contributed by atoms with van der Waals surface area (Å²) in [7, 11) is -9.93. The molecule has 0 aliphatic carbocycles. The van der Waals surface area contributed by atoms with Crippen molar-refractivity contribution in [2.75, 3.05) is 39.6 Å². The number of unbranched alkanes of at least 4 members (excludes halogenated alkanes) is 47. The van der Waals surface area contributed by atoms with E-state index in [1.54, 1.807) is 0 Å². The van der Waals surface area contributed by atoms with E-state index in [1.165, 1.54) is 244 Å². The molecule has 0 aromatic carbocycles. The van der Waals surface area contributed by atoms with Crippen molar-refractivity contribution in [3.63, 3.8) is 0 Å². The first-order chi connectivity index (χ1) is 50.1. The lowest BCUT2D eigenvalue weighted by molar-refractivity contribution is -0.161. The van der Waals surface area contributed by atoms with Crippen LogP contribution in [0.4, 0.5) is 0 Å². The Balaban J connectivity index is 5.24. The van der Waals surface area contributed by atoms with E-state index in [4.69, 9.17) is 37.0 Å². The van der Waals surface area contributed by atoms with Crippen LogP contribution in [-0.2, 0) is 65.4 Å². The first-order valence-corrected chi connectivity index (χ1v) is 46.7. The number of phosphoric ester groups is 2. The van der Waals surface area contributed by atoms with E-state index in [9.17, 15) is 43.2 Å². The number of esters is 4. The highest BCUT2D eigenvalue weighted by Crippen LogP contribution is 2.45. The van der Waals surface area contributed by atoms with Crippen LogP contribution in [0.3, 0.4) is 0 Å². The van der Waals surface area contributed by atoms with Crippen LogP contribution in [0.15, 0.2) is 0 Å². The predicted octanol–water partition coefficient (Wildman–Crippen LogP) is 25.6. The van der Waals surface area contributed by atoms with Crippen molar-refractivity contribution in [1.82, 2.24) is 0 Å². The van der Waals surface area contributed by atoms with Crippen LogP contribution in [0, 0.1) is 23.7 Å². The summed E-state index contributed by atoms with van der Waals surface area (Å²) in [6.07, 6.45) is 62.4. The summed E-state index contributed by atoms with van der Waals surface area (Å²) in [5.74, 6) is 1.06. The van der Waals surface area contributed by atoms with Crippen LogP contribution in [0.5, 0.6) is 0 Å². The normalized spacial score (nSPS) is 14.2. The van der Waals surface area contributed by atoms with E-state index in [2.05, 4.69) is 55.4 Å². The minimum absolute atomic E-state index is 0.106. The van der Waals surface area contributed by atoms with Crippen LogP contribution < -0.4 is 0 Å². The molecule has 0 fully saturated rings.